The molecule has 0 radical (unpaired) electrons. The Morgan fingerprint density at radius 3 is 2.67 bits per heavy atom. The van der Waals surface area contributed by atoms with Crippen LogP contribution >= 0.6 is 0 Å². The Kier molecular flexibility index (Phi) is 4.56. The molecule has 3 nitrogen and oxygen atoms in total. The summed E-state index contributed by atoms with van der Waals surface area (Å²) in [6.45, 7) is 9.62. The fraction of sp³-hybridized carbons (Fsp3) is 1.00. The minimum absolute atomic E-state index is 0.00132. The third-order valence-corrected chi connectivity index (χ3v) is 4.23. The van der Waals surface area contributed by atoms with Gasteiger partial charge < -0.3 is 10.5 Å². The van der Waals surface area contributed by atoms with Crippen LogP contribution in [0.5, 0.6) is 0 Å². The first-order chi connectivity index (χ1) is 7.08. The van der Waals surface area contributed by atoms with E-state index in [-0.39, 0.29) is 11.6 Å². The van der Waals surface area contributed by atoms with Gasteiger partial charge in [0, 0.05) is 20.2 Å². The first-order valence-electron chi connectivity index (χ1n) is 6.06. The first-order valence-corrected chi connectivity index (χ1v) is 6.06. The summed E-state index contributed by atoms with van der Waals surface area (Å²) in [6, 6.07) is 0. The van der Waals surface area contributed by atoms with Gasteiger partial charge in [0.05, 0.1) is 11.6 Å². The second-order valence-electron chi connectivity index (χ2n) is 4.95. The Balaban J connectivity index is 2.66. The van der Waals surface area contributed by atoms with Crippen molar-refractivity contribution in [3.63, 3.8) is 0 Å². The van der Waals surface area contributed by atoms with Crippen LogP contribution in [-0.4, -0.2) is 43.3 Å². The van der Waals surface area contributed by atoms with Crippen molar-refractivity contribution in [3.05, 3.63) is 0 Å². The topological polar surface area (TPSA) is 38.5 Å². The monoisotopic (exact) mass is 214 g/mol. The summed E-state index contributed by atoms with van der Waals surface area (Å²) >= 11 is 0. The van der Waals surface area contributed by atoms with Crippen molar-refractivity contribution >= 4 is 0 Å². The average molecular weight is 214 g/mol. The second-order valence-corrected chi connectivity index (χ2v) is 4.95. The fourth-order valence-corrected chi connectivity index (χ4v) is 2.44. The van der Waals surface area contributed by atoms with E-state index < -0.39 is 0 Å². The standard InChI is InChI=1S/C12H26N2O/c1-5-11-6-7-14(8-11)12(3,9-13)10(2)15-4/h10-11H,5-9,13H2,1-4H3. The van der Waals surface area contributed by atoms with Crippen LogP contribution in [0.1, 0.15) is 33.6 Å². The highest BCUT2D eigenvalue weighted by Gasteiger charge is 2.39. The van der Waals surface area contributed by atoms with Crippen LogP contribution in [0.3, 0.4) is 0 Å². The molecule has 2 N–H and O–H groups in total. The van der Waals surface area contributed by atoms with Gasteiger partial charge in [0.25, 0.3) is 0 Å². The van der Waals surface area contributed by atoms with Crippen LogP contribution in [0.4, 0.5) is 0 Å². The molecule has 15 heavy (non-hydrogen) atoms. The van der Waals surface area contributed by atoms with E-state index in [9.17, 15) is 0 Å². The van der Waals surface area contributed by atoms with E-state index in [0.29, 0.717) is 6.54 Å². The lowest BCUT2D eigenvalue weighted by Gasteiger charge is -2.42. The van der Waals surface area contributed by atoms with Crippen LogP contribution in [0, 0.1) is 5.92 Å². The van der Waals surface area contributed by atoms with Gasteiger partial charge in [-0.15, -0.1) is 0 Å². The molecule has 1 saturated heterocycles. The zero-order chi connectivity index (χ0) is 11.5. The summed E-state index contributed by atoms with van der Waals surface area (Å²) in [6.07, 6.45) is 2.78. The SMILES string of the molecule is CCC1CCN(C(C)(CN)C(C)OC)C1. The molecule has 0 spiro atoms. The van der Waals surface area contributed by atoms with Gasteiger partial charge in [0.2, 0.25) is 0 Å². The Morgan fingerprint density at radius 2 is 2.27 bits per heavy atom. The summed E-state index contributed by atoms with van der Waals surface area (Å²) in [7, 11) is 1.77. The van der Waals surface area contributed by atoms with E-state index in [1.807, 2.05) is 0 Å². The molecule has 1 heterocycles. The molecular formula is C12H26N2O. The molecule has 0 aromatic rings. The van der Waals surface area contributed by atoms with Gasteiger partial charge >= 0.3 is 0 Å². The van der Waals surface area contributed by atoms with Gasteiger partial charge in [-0.25, -0.2) is 0 Å². The normalized spacial score (nSPS) is 29.0. The summed E-state index contributed by atoms with van der Waals surface area (Å²) in [5, 5.41) is 0. The molecule has 90 valence electrons. The molecule has 0 bridgehead atoms. The lowest BCUT2D eigenvalue weighted by atomic mass is 9.93. The van der Waals surface area contributed by atoms with E-state index in [4.69, 9.17) is 10.5 Å². The molecule has 1 aliphatic rings. The second kappa shape index (κ2) is 5.28. The number of ether oxygens (including phenoxy) is 1. The fourth-order valence-electron chi connectivity index (χ4n) is 2.44. The minimum atomic E-state index is -0.00132. The van der Waals surface area contributed by atoms with Gasteiger partial charge in [-0.3, -0.25) is 4.90 Å². The Morgan fingerprint density at radius 1 is 1.60 bits per heavy atom. The predicted octanol–water partition coefficient (Wildman–Crippen LogP) is 1.47. The lowest BCUT2D eigenvalue weighted by molar-refractivity contribution is -0.0223. The summed E-state index contributed by atoms with van der Waals surface area (Å²) < 4.78 is 5.47. The highest BCUT2D eigenvalue weighted by Crippen LogP contribution is 2.29. The largest absolute Gasteiger partial charge is 0.380 e. The van der Waals surface area contributed by atoms with E-state index >= 15 is 0 Å². The maximum atomic E-state index is 5.93. The molecule has 3 unspecified atom stereocenters. The molecule has 3 atom stereocenters. The Labute approximate surface area is 94.0 Å². The Hall–Kier alpha value is -0.120. The molecule has 3 heteroatoms. The van der Waals surface area contributed by atoms with Crippen LogP contribution in [0.15, 0.2) is 0 Å². The number of nitrogens with two attached hydrogens (primary N) is 1. The van der Waals surface area contributed by atoms with Gasteiger partial charge in [-0.2, -0.15) is 0 Å². The average Bonchev–Trinajstić information content (AvgIpc) is 2.75. The van der Waals surface area contributed by atoms with Crippen LogP contribution < -0.4 is 5.73 Å². The summed E-state index contributed by atoms with van der Waals surface area (Å²) in [4.78, 5) is 2.51. The maximum Gasteiger partial charge on any atom is 0.0736 e. The molecule has 1 aliphatic heterocycles. The third kappa shape index (κ3) is 2.52. The minimum Gasteiger partial charge on any atom is -0.380 e. The van der Waals surface area contributed by atoms with E-state index in [1.54, 1.807) is 7.11 Å². The first kappa shape index (κ1) is 12.9. The molecule has 0 saturated carbocycles. The molecule has 1 rings (SSSR count). The molecule has 1 fully saturated rings. The van der Waals surface area contributed by atoms with Crippen molar-refractivity contribution in [2.75, 3.05) is 26.7 Å². The number of hydrogen-bond donors (Lipinski definition) is 1. The van der Waals surface area contributed by atoms with Crippen molar-refractivity contribution in [1.82, 2.24) is 4.90 Å². The van der Waals surface area contributed by atoms with Crippen molar-refractivity contribution in [3.8, 4) is 0 Å². The van der Waals surface area contributed by atoms with Gasteiger partial charge in [-0.1, -0.05) is 13.3 Å². The number of rotatable bonds is 5. The smallest absolute Gasteiger partial charge is 0.0736 e. The van der Waals surface area contributed by atoms with E-state index in [1.165, 1.54) is 25.9 Å². The van der Waals surface area contributed by atoms with Crippen molar-refractivity contribution in [2.45, 2.75) is 45.3 Å². The van der Waals surface area contributed by atoms with Crippen molar-refractivity contribution < 1.29 is 4.74 Å². The quantitative estimate of drug-likeness (QED) is 0.753. The van der Waals surface area contributed by atoms with Crippen LogP contribution in [-0.2, 0) is 4.74 Å². The number of likely N-dealkylation sites (tertiary alicyclic amines) is 1. The maximum absolute atomic E-state index is 5.93. The van der Waals surface area contributed by atoms with Gasteiger partial charge in [0.1, 0.15) is 0 Å². The highest BCUT2D eigenvalue weighted by atomic mass is 16.5. The highest BCUT2D eigenvalue weighted by molar-refractivity contribution is 4.96. The molecule has 0 aromatic carbocycles. The van der Waals surface area contributed by atoms with Gasteiger partial charge in [0.15, 0.2) is 0 Å². The molecule has 0 aliphatic carbocycles. The molecular weight excluding hydrogens is 188 g/mol. The molecule has 0 amide bonds. The summed E-state index contributed by atoms with van der Waals surface area (Å²) in [5.41, 5.74) is 5.93. The number of methoxy groups -OCH3 is 1. The lowest BCUT2D eigenvalue weighted by Crippen LogP contribution is -2.58. The summed E-state index contributed by atoms with van der Waals surface area (Å²) in [5.74, 6) is 0.847. The number of nitrogens with zero attached hydrogens (tertiary/aromatic N) is 1. The van der Waals surface area contributed by atoms with E-state index in [0.717, 1.165) is 5.92 Å². The Bertz CT molecular complexity index is 198. The van der Waals surface area contributed by atoms with Crippen LogP contribution in [0.25, 0.3) is 0 Å². The van der Waals surface area contributed by atoms with Crippen molar-refractivity contribution in [2.24, 2.45) is 11.7 Å². The molecule has 0 aromatic heterocycles. The van der Waals surface area contributed by atoms with E-state index in [2.05, 4.69) is 25.7 Å². The van der Waals surface area contributed by atoms with Gasteiger partial charge in [-0.05, 0) is 32.7 Å². The van der Waals surface area contributed by atoms with Crippen LogP contribution in [0.2, 0.25) is 0 Å². The third-order valence-electron chi connectivity index (χ3n) is 4.23. The predicted molar refractivity (Wildman–Crippen MR) is 63.9 cm³/mol. The zero-order valence-corrected chi connectivity index (χ0v) is 10.6. The number of hydrogen-bond acceptors (Lipinski definition) is 3. The van der Waals surface area contributed by atoms with Crippen molar-refractivity contribution in [1.29, 1.82) is 0 Å². The zero-order valence-electron chi connectivity index (χ0n) is 10.6.